The van der Waals surface area contributed by atoms with Crippen molar-refractivity contribution in [3.05, 3.63) is 29.6 Å². The average Bonchev–Trinajstić information content (AvgIpc) is 2.79. The summed E-state index contributed by atoms with van der Waals surface area (Å²) in [6.45, 7) is 0.671. The lowest BCUT2D eigenvalue weighted by atomic mass is 10.0. The fourth-order valence-corrected chi connectivity index (χ4v) is 2.42. The zero-order chi connectivity index (χ0) is 12.3. The molecule has 1 aromatic carbocycles. The first-order valence-corrected chi connectivity index (χ1v) is 5.91. The zero-order valence-electron chi connectivity index (χ0n) is 9.62. The second-order valence-electron chi connectivity index (χ2n) is 4.48. The fourth-order valence-electron chi connectivity index (χ4n) is 2.42. The number of nitrogens with zero attached hydrogens (tertiary/aromatic N) is 1. The molecule has 3 N–H and O–H groups in total. The maximum Gasteiger partial charge on any atom is 0.141 e. The predicted octanol–water partition coefficient (Wildman–Crippen LogP) is 2.24. The van der Waals surface area contributed by atoms with Gasteiger partial charge in [-0.1, -0.05) is 6.42 Å². The molecular weight excluding hydrogens is 217 g/mol. The van der Waals surface area contributed by atoms with E-state index in [1.165, 1.54) is 12.5 Å². The van der Waals surface area contributed by atoms with Gasteiger partial charge in [-0.3, -0.25) is 0 Å². The van der Waals surface area contributed by atoms with E-state index in [1.54, 1.807) is 12.1 Å². The number of rotatable bonds is 3. The molecule has 2 unspecified atom stereocenters. The number of nitrogens with one attached hydrogen (secondary N) is 1. The van der Waals surface area contributed by atoms with E-state index >= 15 is 0 Å². The van der Waals surface area contributed by atoms with Crippen LogP contribution < -0.4 is 11.1 Å². The van der Waals surface area contributed by atoms with Gasteiger partial charge in [0.1, 0.15) is 11.9 Å². The van der Waals surface area contributed by atoms with Crippen LogP contribution >= 0.6 is 0 Å². The standard InChI is InChI=1S/C13H16FN3/c14-12-5-4-11(6-10(12)8-16)17-13-3-1-2-9(13)7-15/h4-6,9,13,17H,1-3,7,15H2. The second-order valence-corrected chi connectivity index (χ2v) is 4.48. The van der Waals surface area contributed by atoms with Crippen molar-refractivity contribution in [3.8, 4) is 6.07 Å². The molecule has 2 rings (SSSR count). The summed E-state index contributed by atoms with van der Waals surface area (Å²) in [6.07, 6.45) is 3.40. The van der Waals surface area contributed by atoms with Crippen LogP contribution in [-0.4, -0.2) is 12.6 Å². The van der Waals surface area contributed by atoms with Crippen LogP contribution in [0.1, 0.15) is 24.8 Å². The summed E-state index contributed by atoms with van der Waals surface area (Å²) in [5, 5.41) is 12.1. The third-order valence-electron chi connectivity index (χ3n) is 3.40. The molecule has 1 fully saturated rings. The van der Waals surface area contributed by atoms with Crippen LogP contribution in [0.5, 0.6) is 0 Å². The monoisotopic (exact) mass is 233 g/mol. The molecule has 3 nitrogen and oxygen atoms in total. The average molecular weight is 233 g/mol. The molecule has 0 saturated heterocycles. The Labute approximate surface area is 100 Å². The quantitative estimate of drug-likeness (QED) is 0.841. The number of benzene rings is 1. The Morgan fingerprint density at radius 1 is 1.47 bits per heavy atom. The number of nitriles is 1. The third-order valence-corrected chi connectivity index (χ3v) is 3.40. The van der Waals surface area contributed by atoms with E-state index < -0.39 is 5.82 Å². The molecule has 1 aliphatic rings. The van der Waals surface area contributed by atoms with Crippen molar-refractivity contribution in [2.75, 3.05) is 11.9 Å². The Balaban J connectivity index is 2.11. The van der Waals surface area contributed by atoms with Crippen molar-refractivity contribution in [3.63, 3.8) is 0 Å². The van der Waals surface area contributed by atoms with E-state index in [9.17, 15) is 4.39 Å². The lowest BCUT2D eigenvalue weighted by Crippen LogP contribution is -2.29. The van der Waals surface area contributed by atoms with Crippen LogP contribution in [0.3, 0.4) is 0 Å². The summed E-state index contributed by atoms with van der Waals surface area (Å²) >= 11 is 0. The lowest BCUT2D eigenvalue weighted by molar-refractivity contribution is 0.516. The molecule has 0 aromatic heterocycles. The molecule has 1 aromatic rings. The smallest absolute Gasteiger partial charge is 0.141 e. The lowest BCUT2D eigenvalue weighted by Gasteiger charge is -2.20. The van der Waals surface area contributed by atoms with Crippen LogP contribution in [0.25, 0.3) is 0 Å². The van der Waals surface area contributed by atoms with Gasteiger partial charge in [0.05, 0.1) is 5.56 Å². The van der Waals surface area contributed by atoms with Gasteiger partial charge in [0, 0.05) is 11.7 Å². The Morgan fingerprint density at radius 2 is 2.29 bits per heavy atom. The molecule has 1 saturated carbocycles. The molecule has 0 heterocycles. The topological polar surface area (TPSA) is 61.8 Å². The predicted molar refractivity (Wildman–Crippen MR) is 64.9 cm³/mol. The number of halogens is 1. The van der Waals surface area contributed by atoms with Gasteiger partial charge < -0.3 is 11.1 Å². The summed E-state index contributed by atoms with van der Waals surface area (Å²) in [5.41, 5.74) is 6.59. The normalized spacial score (nSPS) is 23.4. The molecule has 2 atom stereocenters. The van der Waals surface area contributed by atoms with Gasteiger partial charge in [-0.2, -0.15) is 5.26 Å². The highest BCUT2D eigenvalue weighted by Crippen LogP contribution is 2.28. The SMILES string of the molecule is N#Cc1cc(NC2CCCC2CN)ccc1F. The van der Waals surface area contributed by atoms with Crippen molar-refractivity contribution in [2.45, 2.75) is 25.3 Å². The molecule has 1 aliphatic carbocycles. The Kier molecular flexibility index (Phi) is 3.60. The number of nitrogens with two attached hydrogens (primary N) is 1. The molecule has 0 aliphatic heterocycles. The third kappa shape index (κ3) is 2.56. The van der Waals surface area contributed by atoms with Gasteiger partial charge in [-0.15, -0.1) is 0 Å². The first-order valence-electron chi connectivity index (χ1n) is 5.91. The molecular formula is C13H16FN3. The van der Waals surface area contributed by atoms with Gasteiger partial charge in [-0.05, 0) is 43.5 Å². The van der Waals surface area contributed by atoms with Gasteiger partial charge in [0.25, 0.3) is 0 Å². The molecule has 0 radical (unpaired) electrons. The van der Waals surface area contributed by atoms with E-state index in [2.05, 4.69) is 5.32 Å². The van der Waals surface area contributed by atoms with E-state index in [0.717, 1.165) is 18.5 Å². The number of hydrogen-bond donors (Lipinski definition) is 2. The summed E-state index contributed by atoms with van der Waals surface area (Å²) in [7, 11) is 0. The van der Waals surface area contributed by atoms with Crippen LogP contribution in [0.15, 0.2) is 18.2 Å². The second kappa shape index (κ2) is 5.15. The van der Waals surface area contributed by atoms with Gasteiger partial charge in [0.15, 0.2) is 0 Å². The van der Waals surface area contributed by atoms with Gasteiger partial charge in [-0.25, -0.2) is 4.39 Å². The Bertz CT molecular complexity index is 439. The highest BCUT2D eigenvalue weighted by atomic mass is 19.1. The van der Waals surface area contributed by atoms with Gasteiger partial charge in [0.2, 0.25) is 0 Å². The van der Waals surface area contributed by atoms with Crippen molar-refractivity contribution in [1.29, 1.82) is 5.26 Å². The summed E-state index contributed by atoms with van der Waals surface area (Å²) in [6, 6.07) is 6.74. The zero-order valence-corrected chi connectivity index (χ0v) is 9.62. The van der Waals surface area contributed by atoms with E-state index in [0.29, 0.717) is 18.5 Å². The molecule has 17 heavy (non-hydrogen) atoms. The fraction of sp³-hybridized carbons (Fsp3) is 0.462. The first kappa shape index (κ1) is 11.9. The highest BCUT2D eigenvalue weighted by molar-refractivity contribution is 5.50. The first-order chi connectivity index (χ1) is 8.24. The highest BCUT2D eigenvalue weighted by Gasteiger charge is 2.25. The van der Waals surface area contributed by atoms with Crippen LogP contribution in [0.4, 0.5) is 10.1 Å². The molecule has 0 spiro atoms. The minimum absolute atomic E-state index is 0.0808. The molecule has 0 amide bonds. The largest absolute Gasteiger partial charge is 0.382 e. The van der Waals surface area contributed by atoms with Crippen molar-refractivity contribution < 1.29 is 4.39 Å². The van der Waals surface area contributed by atoms with Crippen LogP contribution in [-0.2, 0) is 0 Å². The van der Waals surface area contributed by atoms with E-state index in [1.807, 2.05) is 6.07 Å². The Morgan fingerprint density at radius 3 is 3.00 bits per heavy atom. The molecule has 0 bridgehead atoms. The summed E-state index contributed by atoms with van der Waals surface area (Å²) in [4.78, 5) is 0. The number of anilines is 1. The minimum atomic E-state index is -0.472. The maximum atomic E-state index is 13.2. The summed E-state index contributed by atoms with van der Waals surface area (Å²) < 4.78 is 13.2. The van der Waals surface area contributed by atoms with E-state index in [4.69, 9.17) is 11.0 Å². The van der Waals surface area contributed by atoms with Crippen molar-refractivity contribution in [2.24, 2.45) is 11.7 Å². The minimum Gasteiger partial charge on any atom is -0.382 e. The maximum absolute atomic E-state index is 13.2. The number of hydrogen-bond acceptors (Lipinski definition) is 3. The Hall–Kier alpha value is -1.60. The van der Waals surface area contributed by atoms with Crippen molar-refractivity contribution in [1.82, 2.24) is 0 Å². The van der Waals surface area contributed by atoms with E-state index in [-0.39, 0.29) is 5.56 Å². The molecule has 90 valence electrons. The van der Waals surface area contributed by atoms with Crippen LogP contribution in [0.2, 0.25) is 0 Å². The van der Waals surface area contributed by atoms with Crippen molar-refractivity contribution >= 4 is 5.69 Å². The van der Waals surface area contributed by atoms with Gasteiger partial charge >= 0.3 is 0 Å². The van der Waals surface area contributed by atoms with Crippen LogP contribution in [0, 0.1) is 23.1 Å². The summed E-state index contributed by atoms with van der Waals surface area (Å²) in [5.74, 6) is 0.00503. The molecule has 4 heteroatoms.